The van der Waals surface area contributed by atoms with E-state index in [-0.39, 0.29) is 0 Å². The molecule has 2 unspecified atom stereocenters. The summed E-state index contributed by atoms with van der Waals surface area (Å²) in [5.74, 6) is 2.80. The van der Waals surface area contributed by atoms with Gasteiger partial charge in [0.2, 0.25) is 5.91 Å². The number of likely N-dealkylation sites (tertiary alicyclic amines) is 1. The van der Waals surface area contributed by atoms with Crippen molar-refractivity contribution in [2.45, 2.75) is 38.5 Å². The van der Waals surface area contributed by atoms with Gasteiger partial charge in [-0.15, -0.1) is 0 Å². The summed E-state index contributed by atoms with van der Waals surface area (Å²) in [4.78, 5) is 14.2. The molecule has 2 saturated carbocycles. The van der Waals surface area contributed by atoms with Crippen LogP contribution in [0.2, 0.25) is 0 Å². The molecule has 0 spiro atoms. The van der Waals surface area contributed by atoms with E-state index in [2.05, 4.69) is 10.2 Å². The Labute approximate surface area is 104 Å². The molecule has 1 amide bonds. The van der Waals surface area contributed by atoms with Gasteiger partial charge in [-0.3, -0.25) is 4.79 Å². The van der Waals surface area contributed by atoms with Gasteiger partial charge in [-0.25, -0.2) is 0 Å². The first-order chi connectivity index (χ1) is 8.31. The normalized spacial score (nSPS) is 32.6. The van der Waals surface area contributed by atoms with E-state index in [0.29, 0.717) is 12.5 Å². The summed E-state index contributed by atoms with van der Waals surface area (Å²) < 4.78 is 0. The summed E-state index contributed by atoms with van der Waals surface area (Å²) in [6, 6.07) is 0. The van der Waals surface area contributed by atoms with Crippen LogP contribution in [0, 0.1) is 17.8 Å². The van der Waals surface area contributed by atoms with E-state index in [1.165, 1.54) is 38.5 Å². The van der Waals surface area contributed by atoms with Gasteiger partial charge in [0, 0.05) is 13.1 Å². The monoisotopic (exact) mass is 236 g/mol. The van der Waals surface area contributed by atoms with E-state index >= 15 is 0 Å². The first-order valence-electron chi connectivity index (χ1n) is 7.30. The molecule has 96 valence electrons. The molecule has 1 aliphatic heterocycles. The van der Waals surface area contributed by atoms with E-state index in [9.17, 15) is 4.79 Å². The van der Waals surface area contributed by atoms with Crippen molar-refractivity contribution in [1.82, 2.24) is 10.2 Å². The Kier molecular flexibility index (Phi) is 3.37. The second-order valence-corrected chi connectivity index (χ2v) is 6.27. The fourth-order valence-corrected chi connectivity index (χ4v) is 3.45. The topological polar surface area (TPSA) is 32.3 Å². The SMILES string of the molecule is O=C(CNCC1CC1)N1CC2CCCC(C2)C1. The van der Waals surface area contributed by atoms with E-state index < -0.39 is 0 Å². The lowest BCUT2D eigenvalue weighted by molar-refractivity contribution is -0.133. The van der Waals surface area contributed by atoms with Gasteiger partial charge in [-0.1, -0.05) is 6.42 Å². The minimum atomic E-state index is 0.335. The first-order valence-corrected chi connectivity index (χ1v) is 7.30. The Bertz CT molecular complexity index is 276. The van der Waals surface area contributed by atoms with Crippen molar-refractivity contribution in [3.8, 4) is 0 Å². The Morgan fingerprint density at radius 2 is 1.82 bits per heavy atom. The molecule has 2 aliphatic carbocycles. The van der Waals surface area contributed by atoms with Gasteiger partial charge in [0.1, 0.15) is 0 Å². The number of carbonyl (C=O) groups is 1. The third-order valence-corrected chi connectivity index (χ3v) is 4.61. The average molecular weight is 236 g/mol. The number of fused-ring (bicyclic) bond motifs is 2. The van der Waals surface area contributed by atoms with Crippen molar-refractivity contribution in [2.75, 3.05) is 26.2 Å². The van der Waals surface area contributed by atoms with Crippen molar-refractivity contribution >= 4 is 5.91 Å². The molecule has 3 fully saturated rings. The largest absolute Gasteiger partial charge is 0.341 e. The third-order valence-electron chi connectivity index (χ3n) is 4.61. The summed E-state index contributed by atoms with van der Waals surface area (Å²) in [7, 11) is 0. The van der Waals surface area contributed by atoms with Gasteiger partial charge in [-0.05, 0) is 56.4 Å². The Morgan fingerprint density at radius 3 is 2.47 bits per heavy atom. The van der Waals surface area contributed by atoms with E-state index in [1.54, 1.807) is 0 Å². The molecule has 3 nitrogen and oxygen atoms in total. The first kappa shape index (κ1) is 11.5. The number of hydrogen-bond acceptors (Lipinski definition) is 2. The zero-order valence-corrected chi connectivity index (χ0v) is 10.7. The predicted octanol–water partition coefficient (Wildman–Crippen LogP) is 1.63. The summed E-state index contributed by atoms with van der Waals surface area (Å²) in [5, 5.41) is 3.32. The van der Waals surface area contributed by atoms with E-state index in [4.69, 9.17) is 0 Å². The predicted molar refractivity (Wildman–Crippen MR) is 67.6 cm³/mol. The minimum Gasteiger partial charge on any atom is -0.341 e. The standard InChI is InChI=1S/C14H24N2O/c17-14(8-15-7-11-4-5-11)16-9-12-2-1-3-13(6-12)10-16/h11-13,15H,1-10H2. The highest BCUT2D eigenvalue weighted by atomic mass is 16.2. The maximum absolute atomic E-state index is 12.1. The lowest BCUT2D eigenvalue weighted by Gasteiger charge is -2.41. The Morgan fingerprint density at radius 1 is 1.12 bits per heavy atom. The fraction of sp³-hybridized carbons (Fsp3) is 0.929. The molecule has 2 bridgehead atoms. The Balaban J connectivity index is 1.44. The van der Waals surface area contributed by atoms with Crippen molar-refractivity contribution in [3.05, 3.63) is 0 Å². The highest BCUT2D eigenvalue weighted by Crippen LogP contribution is 2.34. The molecule has 0 aromatic heterocycles. The van der Waals surface area contributed by atoms with Crippen LogP contribution in [-0.4, -0.2) is 37.0 Å². The van der Waals surface area contributed by atoms with Crippen LogP contribution in [0.4, 0.5) is 0 Å². The average Bonchev–Trinajstić information content (AvgIpc) is 3.12. The maximum atomic E-state index is 12.1. The maximum Gasteiger partial charge on any atom is 0.236 e. The molecule has 2 atom stereocenters. The second-order valence-electron chi connectivity index (χ2n) is 6.27. The summed E-state index contributed by atoms with van der Waals surface area (Å²) in [6.07, 6.45) is 8.16. The molecule has 3 rings (SSSR count). The summed E-state index contributed by atoms with van der Waals surface area (Å²) >= 11 is 0. The number of nitrogens with zero attached hydrogens (tertiary/aromatic N) is 1. The Hall–Kier alpha value is -0.570. The third kappa shape index (κ3) is 3.01. The van der Waals surface area contributed by atoms with Crippen LogP contribution in [0.25, 0.3) is 0 Å². The highest BCUT2D eigenvalue weighted by molar-refractivity contribution is 5.78. The molecule has 0 aromatic carbocycles. The van der Waals surface area contributed by atoms with Gasteiger partial charge in [0.05, 0.1) is 6.54 Å². The molecule has 1 saturated heterocycles. The van der Waals surface area contributed by atoms with Crippen molar-refractivity contribution in [1.29, 1.82) is 0 Å². The number of hydrogen-bond donors (Lipinski definition) is 1. The molecule has 17 heavy (non-hydrogen) atoms. The molecular formula is C14H24N2O. The molecule has 0 radical (unpaired) electrons. The van der Waals surface area contributed by atoms with Crippen LogP contribution >= 0.6 is 0 Å². The molecule has 3 heteroatoms. The molecule has 1 heterocycles. The minimum absolute atomic E-state index is 0.335. The van der Waals surface area contributed by atoms with Crippen LogP contribution in [0.3, 0.4) is 0 Å². The van der Waals surface area contributed by atoms with Gasteiger partial charge in [-0.2, -0.15) is 0 Å². The number of piperidine rings is 1. The van der Waals surface area contributed by atoms with Crippen molar-refractivity contribution < 1.29 is 4.79 Å². The van der Waals surface area contributed by atoms with Crippen LogP contribution < -0.4 is 5.32 Å². The highest BCUT2D eigenvalue weighted by Gasteiger charge is 2.32. The zero-order chi connectivity index (χ0) is 11.7. The van der Waals surface area contributed by atoms with Crippen molar-refractivity contribution in [2.24, 2.45) is 17.8 Å². The summed E-state index contributed by atoms with van der Waals surface area (Å²) in [6.45, 7) is 3.67. The van der Waals surface area contributed by atoms with E-state index in [0.717, 1.165) is 37.4 Å². The number of rotatable bonds is 4. The molecular weight excluding hydrogens is 212 g/mol. The lowest BCUT2D eigenvalue weighted by atomic mass is 9.78. The lowest BCUT2D eigenvalue weighted by Crippen LogP contribution is -2.48. The fourth-order valence-electron chi connectivity index (χ4n) is 3.45. The van der Waals surface area contributed by atoms with Crippen LogP contribution in [0.5, 0.6) is 0 Å². The van der Waals surface area contributed by atoms with Gasteiger partial charge in [0.15, 0.2) is 0 Å². The summed E-state index contributed by atoms with van der Waals surface area (Å²) in [5.41, 5.74) is 0. The molecule has 3 aliphatic rings. The van der Waals surface area contributed by atoms with Gasteiger partial charge < -0.3 is 10.2 Å². The quantitative estimate of drug-likeness (QED) is 0.804. The van der Waals surface area contributed by atoms with Crippen LogP contribution in [0.15, 0.2) is 0 Å². The number of nitrogens with one attached hydrogen (secondary N) is 1. The van der Waals surface area contributed by atoms with Gasteiger partial charge in [0.25, 0.3) is 0 Å². The number of carbonyl (C=O) groups excluding carboxylic acids is 1. The molecule has 1 N–H and O–H groups in total. The smallest absolute Gasteiger partial charge is 0.236 e. The van der Waals surface area contributed by atoms with Crippen LogP contribution in [0.1, 0.15) is 38.5 Å². The second kappa shape index (κ2) is 4.97. The van der Waals surface area contributed by atoms with Crippen LogP contribution in [-0.2, 0) is 4.79 Å². The van der Waals surface area contributed by atoms with E-state index in [1.807, 2.05) is 0 Å². The number of amides is 1. The molecule has 0 aromatic rings. The zero-order valence-electron chi connectivity index (χ0n) is 10.7. The van der Waals surface area contributed by atoms with Gasteiger partial charge >= 0.3 is 0 Å². The van der Waals surface area contributed by atoms with Crippen molar-refractivity contribution in [3.63, 3.8) is 0 Å².